The lowest BCUT2D eigenvalue weighted by Gasteiger charge is -1.88. The van der Waals surface area contributed by atoms with Crippen LogP contribution in [0.25, 0.3) is 21.9 Å². The minimum Gasteiger partial charge on any atom is -0.336 e. The molecule has 0 amide bonds. The van der Waals surface area contributed by atoms with E-state index in [2.05, 4.69) is 27.3 Å². The lowest BCUT2D eigenvalue weighted by molar-refractivity contribution is 1.06. The molecule has 0 bridgehead atoms. The maximum absolute atomic E-state index is 5.94. The number of imidazole rings is 1. The molecule has 2 aromatic heterocycles. The molecular formula is C12H10ClN3S. The Labute approximate surface area is 107 Å². The predicted molar refractivity (Wildman–Crippen MR) is 71.6 cm³/mol. The number of thiazole rings is 1. The van der Waals surface area contributed by atoms with Crippen molar-refractivity contribution >= 4 is 34.0 Å². The van der Waals surface area contributed by atoms with Crippen LogP contribution in [-0.2, 0) is 6.42 Å². The highest BCUT2D eigenvalue weighted by Crippen LogP contribution is 2.25. The van der Waals surface area contributed by atoms with Crippen molar-refractivity contribution in [2.75, 3.05) is 0 Å². The van der Waals surface area contributed by atoms with Gasteiger partial charge in [0, 0.05) is 10.4 Å². The molecule has 0 aliphatic carbocycles. The topological polar surface area (TPSA) is 41.6 Å². The maximum atomic E-state index is 5.94. The van der Waals surface area contributed by atoms with Crippen LogP contribution in [0.5, 0.6) is 0 Å². The Kier molecular flexibility index (Phi) is 2.61. The molecule has 0 spiro atoms. The molecule has 3 rings (SSSR count). The minimum atomic E-state index is 0.709. The third kappa shape index (κ3) is 1.94. The van der Waals surface area contributed by atoms with Gasteiger partial charge in [-0.15, -0.1) is 11.3 Å². The molecule has 0 unspecified atom stereocenters. The van der Waals surface area contributed by atoms with Gasteiger partial charge in [0.2, 0.25) is 0 Å². The average Bonchev–Trinajstić information content (AvgIpc) is 2.93. The summed E-state index contributed by atoms with van der Waals surface area (Å²) in [5, 5.41) is 3.70. The molecule has 86 valence electrons. The van der Waals surface area contributed by atoms with Gasteiger partial charge in [-0.05, 0) is 24.6 Å². The molecule has 1 aromatic carbocycles. The minimum absolute atomic E-state index is 0.709. The Bertz CT molecular complexity index is 671. The van der Waals surface area contributed by atoms with Crippen molar-refractivity contribution in [3.8, 4) is 10.8 Å². The van der Waals surface area contributed by atoms with E-state index in [4.69, 9.17) is 11.6 Å². The molecule has 0 aliphatic heterocycles. The van der Waals surface area contributed by atoms with E-state index in [1.165, 1.54) is 0 Å². The summed E-state index contributed by atoms with van der Waals surface area (Å²) in [6, 6.07) is 5.63. The second-order valence-electron chi connectivity index (χ2n) is 3.74. The molecule has 0 saturated heterocycles. The van der Waals surface area contributed by atoms with Gasteiger partial charge in [-0.1, -0.05) is 18.5 Å². The van der Waals surface area contributed by atoms with E-state index in [0.717, 1.165) is 34.0 Å². The number of nitrogens with one attached hydrogen (secondary N) is 1. The summed E-state index contributed by atoms with van der Waals surface area (Å²) in [6.07, 6.45) is 0.947. The molecule has 1 N–H and O–H groups in total. The van der Waals surface area contributed by atoms with Crippen LogP contribution in [-0.4, -0.2) is 15.0 Å². The van der Waals surface area contributed by atoms with Crippen LogP contribution in [0.3, 0.4) is 0 Å². The van der Waals surface area contributed by atoms with Gasteiger partial charge in [0.25, 0.3) is 0 Å². The lowest BCUT2D eigenvalue weighted by Crippen LogP contribution is -1.81. The van der Waals surface area contributed by atoms with Crippen LogP contribution in [0.4, 0.5) is 0 Å². The number of fused-ring (bicyclic) bond motifs is 1. The smallest absolute Gasteiger partial charge is 0.167 e. The van der Waals surface area contributed by atoms with Crippen molar-refractivity contribution in [3.05, 3.63) is 34.3 Å². The monoisotopic (exact) mass is 263 g/mol. The van der Waals surface area contributed by atoms with Crippen molar-refractivity contribution in [3.63, 3.8) is 0 Å². The molecule has 3 aromatic rings. The highest BCUT2D eigenvalue weighted by atomic mass is 35.5. The first-order valence-electron chi connectivity index (χ1n) is 5.36. The van der Waals surface area contributed by atoms with Crippen LogP contribution in [0, 0.1) is 0 Å². The molecular weight excluding hydrogens is 254 g/mol. The number of aryl methyl sites for hydroxylation is 1. The Morgan fingerprint density at radius 3 is 3.00 bits per heavy atom. The molecule has 5 heteroatoms. The van der Waals surface area contributed by atoms with E-state index in [9.17, 15) is 0 Å². The average molecular weight is 264 g/mol. The van der Waals surface area contributed by atoms with Gasteiger partial charge in [-0.3, -0.25) is 0 Å². The van der Waals surface area contributed by atoms with Crippen LogP contribution < -0.4 is 0 Å². The Balaban J connectivity index is 2.11. The van der Waals surface area contributed by atoms with Gasteiger partial charge in [-0.25, -0.2) is 9.97 Å². The maximum Gasteiger partial charge on any atom is 0.167 e. The van der Waals surface area contributed by atoms with Crippen LogP contribution in [0.1, 0.15) is 12.6 Å². The van der Waals surface area contributed by atoms with Crippen molar-refractivity contribution in [2.45, 2.75) is 13.3 Å². The second-order valence-corrected chi connectivity index (χ2v) is 5.04. The number of hydrogen-bond acceptors (Lipinski definition) is 3. The van der Waals surface area contributed by atoms with E-state index >= 15 is 0 Å². The van der Waals surface area contributed by atoms with Gasteiger partial charge < -0.3 is 4.98 Å². The Morgan fingerprint density at radius 1 is 1.35 bits per heavy atom. The first-order chi connectivity index (χ1) is 8.26. The van der Waals surface area contributed by atoms with Crippen LogP contribution >= 0.6 is 22.9 Å². The van der Waals surface area contributed by atoms with Crippen LogP contribution in [0.15, 0.2) is 23.6 Å². The zero-order valence-electron chi connectivity index (χ0n) is 9.20. The standard InChI is InChI=1S/C12H10ClN3S/c1-2-8-6-17-12(14-8)11-15-9-4-3-7(13)5-10(9)16-11/h3-6H,2H2,1H3,(H,15,16). The molecule has 2 heterocycles. The van der Waals surface area contributed by atoms with E-state index in [1.807, 2.05) is 18.2 Å². The molecule has 0 radical (unpaired) electrons. The largest absolute Gasteiger partial charge is 0.336 e. The fourth-order valence-corrected chi connectivity index (χ4v) is 2.68. The second kappa shape index (κ2) is 4.13. The number of benzene rings is 1. The molecule has 17 heavy (non-hydrogen) atoms. The van der Waals surface area contributed by atoms with Gasteiger partial charge in [0.1, 0.15) is 0 Å². The highest BCUT2D eigenvalue weighted by molar-refractivity contribution is 7.13. The van der Waals surface area contributed by atoms with Crippen molar-refractivity contribution in [1.82, 2.24) is 15.0 Å². The quantitative estimate of drug-likeness (QED) is 0.762. The van der Waals surface area contributed by atoms with Gasteiger partial charge in [-0.2, -0.15) is 0 Å². The van der Waals surface area contributed by atoms with E-state index in [-0.39, 0.29) is 0 Å². The fraction of sp³-hybridized carbons (Fsp3) is 0.167. The van der Waals surface area contributed by atoms with Crippen molar-refractivity contribution in [1.29, 1.82) is 0 Å². The number of halogens is 1. The summed E-state index contributed by atoms with van der Waals surface area (Å²) in [6.45, 7) is 2.09. The summed E-state index contributed by atoms with van der Waals surface area (Å²) in [5.41, 5.74) is 2.96. The number of aromatic nitrogens is 3. The third-order valence-corrected chi connectivity index (χ3v) is 3.69. The van der Waals surface area contributed by atoms with Gasteiger partial charge >= 0.3 is 0 Å². The molecule has 0 fully saturated rings. The Morgan fingerprint density at radius 2 is 2.24 bits per heavy atom. The summed E-state index contributed by atoms with van der Waals surface area (Å²) >= 11 is 7.55. The SMILES string of the molecule is CCc1csc(-c2nc3ccc(Cl)cc3[nH]2)n1. The number of aromatic amines is 1. The molecule has 3 nitrogen and oxygen atoms in total. The third-order valence-electron chi connectivity index (χ3n) is 2.56. The van der Waals surface area contributed by atoms with Crippen molar-refractivity contribution in [2.24, 2.45) is 0 Å². The van der Waals surface area contributed by atoms with Gasteiger partial charge in [0.05, 0.1) is 16.7 Å². The highest BCUT2D eigenvalue weighted by Gasteiger charge is 2.09. The molecule has 0 atom stereocenters. The number of hydrogen-bond donors (Lipinski definition) is 1. The van der Waals surface area contributed by atoms with Gasteiger partial charge in [0.15, 0.2) is 10.8 Å². The zero-order chi connectivity index (χ0) is 11.8. The number of rotatable bonds is 2. The summed E-state index contributed by atoms with van der Waals surface area (Å²) in [7, 11) is 0. The van der Waals surface area contributed by atoms with Crippen LogP contribution in [0.2, 0.25) is 5.02 Å². The number of H-pyrrole nitrogens is 1. The molecule has 0 saturated carbocycles. The predicted octanol–water partition coefficient (Wildman–Crippen LogP) is 3.90. The molecule has 0 aliphatic rings. The van der Waals surface area contributed by atoms with Crippen molar-refractivity contribution < 1.29 is 0 Å². The lowest BCUT2D eigenvalue weighted by atomic mass is 10.3. The Hall–Kier alpha value is -1.39. The fourth-order valence-electron chi connectivity index (χ4n) is 1.66. The first kappa shape index (κ1) is 10.7. The van der Waals surface area contributed by atoms with E-state index in [0.29, 0.717) is 5.02 Å². The first-order valence-corrected chi connectivity index (χ1v) is 6.62. The summed E-state index contributed by atoms with van der Waals surface area (Å²) in [4.78, 5) is 12.3. The van der Waals surface area contributed by atoms with E-state index in [1.54, 1.807) is 11.3 Å². The zero-order valence-corrected chi connectivity index (χ0v) is 10.8. The van der Waals surface area contributed by atoms with E-state index < -0.39 is 0 Å². The normalized spacial score (nSPS) is 11.2. The number of nitrogens with zero attached hydrogens (tertiary/aromatic N) is 2. The summed E-state index contributed by atoms with van der Waals surface area (Å²) < 4.78 is 0. The summed E-state index contributed by atoms with van der Waals surface area (Å²) in [5.74, 6) is 0.812.